The molecule has 9 heteroatoms. The molecule has 0 aliphatic carbocycles. The molecule has 0 aliphatic rings. The summed E-state index contributed by atoms with van der Waals surface area (Å²) in [6.07, 6.45) is -4.66. The highest BCUT2D eigenvalue weighted by molar-refractivity contribution is 9.10. The molecule has 0 radical (unpaired) electrons. The van der Waals surface area contributed by atoms with Crippen molar-refractivity contribution in [1.82, 2.24) is 9.78 Å². The van der Waals surface area contributed by atoms with Gasteiger partial charge in [0.1, 0.15) is 11.4 Å². The first kappa shape index (κ1) is 17.3. The molecule has 1 amide bonds. The van der Waals surface area contributed by atoms with E-state index < -0.39 is 22.3 Å². The van der Waals surface area contributed by atoms with Crippen molar-refractivity contribution in [1.29, 1.82) is 0 Å². The average molecular weight is 392 g/mol. The zero-order valence-corrected chi connectivity index (χ0v) is 14.0. The topological polar surface area (TPSA) is 56.1 Å². The van der Waals surface area contributed by atoms with E-state index in [0.717, 1.165) is 10.2 Å². The van der Waals surface area contributed by atoms with Crippen LogP contribution < -0.4 is 10.1 Å². The number of halogens is 4. The van der Waals surface area contributed by atoms with E-state index in [-0.39, 0.29) is 5.69 Å². The summed E-state index contributed by atoms with van der Waals surface area (Å²) in [6, 6.07) is 5.10. The van der Waals surface area contributed by atoms with Crippen LogP contribution in [0.25, 0.3) is 0 Å². The molecule has 0 spiro atoms. The number of hydrogen-bond donors (Lipinski definition) is 1. The van der Waals surface area contributed by atoms with Crippen molar-refractivity contribution in [3.8, 4) is 5.75 Å². The Morgan fingerprint density at radius 1 is 1.39 bits per heavy atom. The monoisotopic (exact) mass is 391 g/mol. The molecule has 0 saturated carbocycles. The van der Waals surface area contributed by atoms with Crippen molar-refractivity contribution in [2.75, 3.05) is 12.4 Å². The van der Waals surface area contributed by atoms with E-state index in [4.69, 9.17) is 4.74 Å². The number of benzene rings is 1. The molecule has 1 heterocycles. The number of amides is 1. The van der Waals surface area contributed by atoms with E-state index >= 15 is 0 Å². The van der Waals surface area contributed by atoms with Gasteiger partial charge < -0.3 is 10.1 Å². The van der Waals surface area contributed by atoms with Gasteiger partial charge >= 0.3 is 6.18 Å². The highest BCUT2D eigenvalue weighted by Crippen LogP contribution is 2.36. The minimum absolute atomic E-state index is 0.235. The standard InChI is InChI=1S/C14H13BrF3N3O2/c1-7-4-5-9(23-3)8(6-7)19-13(22)11-10(15)12(14(16,17)18)20-21(11)2/h4-6H,1-3H3,(H,19,22). The van der Waals surface area contributed by atoms with Crippen LogP contribution >= 0.6 is 15.9 Å². The number of hydrogen-bond acceptors (Lipinski definition) is 3. The fourth-order valence-electron chi connectivity index (χ4n) is 2.03. The normalized spacial score (nSPS) is 11.4. The summed E-state index contributed by atoms with van der Waals surface area (Å²) in [6.45, 7) is 1.82. The van der Waals surface area contributed by atoms with E-state index in [0.29, 0.717) is 11.4 Å². The minimum Gasteiger partial charge on any atom is -0.495 e. The summed E-state index contributed by atoms with van der Waals surface area (Å²) in [7, 11) is 2.70. The molecule has 1 N–H and O–H groups in total. The van der Waals surface area contributed by atoms with Gasteiger partial charge in [-0.05, 0) is 40.5 Å². The predicted octanol–water partition coefficient (Wildman–Crippen LogP) is 3.77. The van der Waals surface area contributed by atoms with E-state index in [1.807, 2.05) is 6.92 Å². The Bertz CT molecular complexity index is 756. The molecule has 0 bridgehead atoms. The van der Waals surface area contributed by atoms with Gasteiger partial charge in [0.25, 0.3) is 5.91 Å². The number of nitrogens with one attached hydrogen (secondary N) is 1. The van der Waals surface area contributed by atoms with Crippen molar-refractivity contribution in [3.63, 3.8) is 0 Å². The number of alkyl halides is 3. The van der Waals surface area contributed by atoms with Crippen LogP contribution in [0.3, 0.4) is 0 Å². The summed E-state index contributed by atoms with van der Waals surface area (Å²) >= 11 is 2.81. The maximum Gasteiger partial charge on any atom is 0.436 e. The molecule has 1 aromatic carbocycles. The quantitative estimate of drug-likeness (QED) is 0.866. The van der Waals surface area contributed by atoms with Crippen molar-refractivity contribution >= 4 is 27.5 Å². The smallest absolute Gasteiger partial charge is 0.436 e. The largest absolute Gasteiger partial charge is 0.495 e. The molecule has 23 heavy (non-hydrogen) atoms. The SMILES string of the molecule is COc1ccc(C)cc1NC(=O)c1c(Br)c(C(F)(F)F)nn1C. The summed E-state index contributed by atoms with van der Waals surface area (Å²) in [4.78, 5) is 12.4. The maximum atomic E-state index is 12.8. The van der Waals surface area contributed by atoms with Gasteiger partial charge in [-0.1, -0.05) is 6.07 Å². The zero-order valence-electron chi connectivity index (χ0n) is 12.5. The highest BCUT2D eigenvalue weighted by atomic mass is 79.9. The van der Waals surface area contributed by atoms with Gasteiger partial charge in [-0.3, -0.25) is 9.48 Å². The number of carbonyl (C=O) groups excluding carboxylic acids is 1. The van der Waals surface area contributed by atoms with Crippen LogP contribution in [0, 0.1) is 6.92 Å². The molecule has 0 unspecified atom stereocenters. The van der Waals surface area contributed by atoms with Gasteiger partial charge in [-0.25, -0.2) is 0 Å². The third kappa shape index (κ3) is 3.49. The number of rotatable bonds is 3. The predicted molar refractivity (Wildman–Crippen MR) is 81.6 cm³/mol. The van der Waals surface area contributed by atoms with Crippen LogP contribution in [-0.4, -0.2) is 22.8 Å². The Labute approximate surface area is 138 Å². The van der Waals surface area contributed by atoms with E-state index in [2.05, 4.69) is 26.3 Å². The van der Waals surface area contributed by atoms with Gasteiger partial charge in [-0.15, -0.1) is 0 Å². The second-order valence-corrected chi connectivity index (χ2v) is 5.58. The third-order valence-corrected chi connectivity index (χ3v) is 3.83. The number of anilines is 1. The molecule has 2 rings (SSSR count). The second-order valence-electron chi connectivity index (χ2n) is 4.79. The molecule has 2 aromatic rings. The van der Waals surface area contributed by atoms with E-state index in [9.17, 15) is 18.0 Å². The number of carbonyl (C=O) groups is 1. The third-order valence-electron chi connectivity index (χ3n) is 3.08. The average Bonchev–Trinajstić information content (AvgIpc) is 2.74. The van der Waals surface area contributed by atoms with Gasteiger partial charge in [0.05, 0.1) is 17.3 Å². The van der Waals surface area contributed by atoms with Crippen molar-refractivity contribution in [2.24, 2.45) is 7.05 Å². The Balaban J connectivity index is 2.40. The van der Waals surface area contributed by atoms with Gasteiger partial charge in [0.15, 0.2) is 5.69 Å². The number of methoxy groups -OCH3 is 1. The number of nitrogens with zero attached hydrogens (tertiary/aromatic N) is 2. The molecule has 0 atom stereocenters. The lowest BCUT2D eigenvalue weighted by Gasteiger charge is -2.11. The summed E-state index contributed by atoms with van der Waals surface area (Å²) in [5, 5.41) is 5.90. The lowest BCUT2D eigenvalue weighted by atomic mass is 10.2. The Morgan fingerprint density at radius 3 is 2.57 bits per heavy atom. The van der Waals surface area contributed by atoms with Gasteiger partial charge in [0, 0.05) is 7.05 Å². The van der Waals surface area contributed by atoms with Crippen molar-refractivity contribution < 1.29 is 22.7 Å². The summed E-state index contributed by atoms with van der Waals surface area (Å²) in [5.74, 6) is -0.329. The Kier molecular flexibility index (Phi) is 4.69. The lowest BCUT2D eigenvalue weighted by molar-refractivity contribution is -0.142. The number of aromatic nitrogens is 2. The van der Waals surface area contributed by atoms with Crippen LogP contribution in [0.2, 0.25) is 0 Å². The number of aryl methyl sites for hydroxylation is 2. The highest BCUT2D eigenvalue weighted by Gasteiger charge is 2.39. The van der Waals surface area contributed by atoms with Crippen molar-refractivity contribution in [3.05, 3.63) is 39.6 Å². The fraction of sp³-hybridized carbons (Fsp3) is 0.286. The fourth-order valence-corrected chi connectivity index (χ4v) is 2.77. The summed E-state index contributed by atoms with van der Waals surface area (Å²) < 4.78 is 44.1. The van der Waals surface area contributed by atoms with Crippen LogP contribution in [0.5, 0.6) is 5.75 Å². The molecule has 5 nitrogen and oxygen atoms in total. The Morgan fingerprint density at radius 2 is 2.04 bits per heavy atom. The van der Waals surface area contributed by atoms with Gasteiger partial charge in [-0.2, -0.15) is 18.3 Å². The summed E-state index contributed by atoms with van der Waals surface area (Å²) in [5.41, 5.74) is -0.164. The lowest BCUT2D eigenvalue weighted by Crippen LogP contribution is -2.17. The van der Waals surface area contributed by atoms with E-state index in [1.165, 1.54) is 14.2 Å². The van der Waals surface area contributed by atoms with Gasteiger partial charge in [0.2, 0.25) is 0 Å². The van der Waals surface area contributed by atoms with E-state index in [1.54, 1.807) is 18.2 Å². The first-order valence-electron chi connectivity index (χ1n) is 6.40. The number of ether oxygens (including phenoxy) is 1. The van der Waals surface area contributed by atoms with Crippen LogP contribution in [0.1, 0.15) is 21.7 Å². The molecular formula is C14H13BrF3N3O2. The Hall–Kier alpha value is -2.03. The molecule has 0 saturated heterocycles. The first-order valence-corrected chi connectivity index (χ1v) is 7.20. The van der Waals surface area contributed by atoms with Crippen LogP contribution in [0.4, 0.5) is 18.9 Å². The van der Waals surface area contributed by atoms with Crippen LogP contribution in [-0.2, 0) is 13.2 Å². The van der Waals surface area contributed by atoms with Crippen molar-refractivity contribution in [2.45, 2.75) is 13.1 Å². The first-order chi connectivity index (χ1) is 10.6. The maximum absolute atomic E-state index is 12.8. The molecule has 124 valence electrons. The van der Waals surface area contributed by atoms with Crippen LogP contribution in [0.15, 0.2) is 22.7 Å². The molecule has 1 aromatic heterocycles. The molecule has 0 aliphatic heterocycles. The minimum atomic E-state index is -4.66. The zero-order chi connectivity index (χ0) is 17.4. The molecule has 0 fully saturated rings. The molecular weight excluding hydrogens is 379 g/mol. The second kappa shape index (κ2) is 6.23.